The fourth-order valence-corrected chi connectivity index (χ4v) is 1.81. The van der Waals surface area contributed by atoms with E-state index < -0.39 is 0 Å². The average molecular weight is 234 g/mol. The van der Waals surface area contributed by atoms with Crippen molar-refractivity contribution >= 4 is 5.91 Å². The van der Waals surface area contributed by atoms with Crippen LogP contribution in [0.5, 0.6) is 0 Å². The minimum Gasteiger partial charge on any atom is -0.335 e. The molecule has 2 N–H and O–H groups in total. The van der Waals surface area contributed by atoms with Crippen molar-refractivity contribution in [2.45, 2.75) is 25.4 Å². The third-order valence-corrected chi connectivity index (χ3v) is 2.81. The van der Waals surface area contributed by atoms with Crippen molar-refractivity contribution in [3.05, 3.63) is 30.9 Å². The molecule has 1 heterocycles. The van der Waals surface area contributed by atoms with Gasteiger partial charge in [0, 0.05) is 31.9 Å². The molecule has 0 aliphatic heterocycles. The maximum Gasteiger partial charge on any atom is 0.274 e. The van der Waals surface area contributed by atoms with E-state index in [4.69, 9.17) is 5.73 Å². The Bertz CT molecular complexity index is 408. The summed E-state index contributed by atoms with van der Waals surface area (Å²) in [5, 5.41) is 0. The molecule has 5 heteroatoms. The second kappa shape index (κ2) is 5.14. The Hall–Kier alpha value is -1.62. The molecule has 0 unspecified atom stereocenters. The summed E-state index contributed by atoms with van der Waals surface area (Å²) in [4.78, 5) is 18.2. The lowest BCUT2D eigenvalue weighted by Gasteiger charge is -2.19. The van der Waals surface area contributed by atoms with Gasteiger partial charge in [-0.2, -0.15) is 0 Å². The van der Waals surface area contributed by atoms with Gasteiger partial charge in [0.15, 0.2) is 0 Å². The summed E-state index contributed by atoms with van der Waals surface area (Å²) < 4.78 is 1.84. The van der Waals surface area contributed by atoms with Crippen molar-refractivity contribution in [3.8, 4) is 0 Å². The van der Waals surface area contributed by atoms with Crippen molar-refractivity contribution < 1.29 is 4.79 Å². The molecule has 0 atom stereocenters. The molecule has 5 nitrogen and oxygen atoms in total. The molecule has 1 fully saturated rings. The van der Waals surface area contributed by atoms with Gasteiger partial charge in [0.2, 0.25) is 0 Å². The van der Waals surface area contributed by atoms with Crippen LogP contribution in [0.25, 0.3) is 0 Å². The van der Waals surface area contributed by atoms with Gasteiger partial charge in [-0.3, -0.25) is 4.79 Å². The van der Waals surface area contributed by atoms with E-state index in [1.807, 2.05) is 9.47 Å². The molecular formula is C12H18N4O. The van der Waals surface area contributed by atoms with Crippen LogP contribution in [0.4, 0.5) is 0 Å². The van der Waals surface area contributed by atoms with Gasteiger partial charge in [-0.1, -0.05) is 6.08 Å². The lowest BCUT2D eigenvalue weighted by Crippen LogP contribution is -2.33. The fraction of sp³-hybridized carbons (Fsp3) is 0.500. The van der Waals surface area contributed by atoms with E-state index in [-0.39, 0.29) is 5.91 Å². The van der Waals surface area contributed by atoms with Gasteiger partial charge >= 0.3 is 0 Å². The molecule has 1 aromatic rings. The summed E-state index contributed by atoms with van der Waals surface area (Å²) >= 11 is 0. The number of rotatable bonds is 6. The minimum atomic E-state index is -0.0110. The van der Waals surface area contributed by atoms with Crippen molar-refractivity contribution in [2.75, 3.05) is 13.1 Å². The summed E-state index contributed by atoms with van der Waals surface area (Å²) in [6.07, 6.45) is 7.34. The van der Waals surface area contributed by atoms with Crippen LogP contribution in [0.2, 0.25) is 0 Å². The van der Waals surface area contributed by atoms with Gasteiger partial charge in [0.25, 0.3) is 5.91 Å². The van der Waals surface area contributed by atoms with Crippen molar-refractivity contribution in [3.63, 3.8) is 0 Å². The number of aromatic nitrogens is 2. The number of hydrogen-bond donors (Lipinski definition) is 1. The fourth-order valence-electron chi connectivity index (χ4n) is 1.81. The maximum atomic E-state index is 12.2. The van der Waals surface area contributed by atoms with Gasteiger partial charge < -0.3 is 15.2 Å². The third-order valence-electron chi connectivity index (χ3n) is 2.81. The number of hydrogen-bond acceptors (Lipinski definition) is 3. The Morgan fingerprint density at radius 2 is 2.47 bits per heavy atom. The first-order valence-electron chi connectivity index (χ1n) is 5.90. The van der Waals surface area contributed by atoms with Crippen molar-refractivity contribution in [1.82, 2.24) is 14.5 Å². The maximum absolute atomic E-state index is 12.2. The molecule has 92 valence electrons. The molecule has 0 saturated heterocycles. The zero-order valence-corrected chi connectivity index (χ0v) is 9.88. The van der Waals surface area contributed by atoms with Crippen LogP contribution >= 0.6 is 0 Å². The van der Waals surface area contributed by atoms with E-state index in [9.17, 15) is 4.79 Å². The normalized spacial score (nSPS) is 14.6. The monoisotopic (exact) mass is 234 g/mol. The number of imidazole rings is 1. The first-order valence-corrected chi connectivity index (χ1v) is 5.90. The highest BCUT2D eigenvalue weighted by atomic mass is 16.2. The first-order chi connectivity index (χ1) is 8.26. The van der Waals surface area contributed by atoms with Gasteiger partial charge in [0.05, 0.1) is 6.33 Å². The second-order valence-corrected chi connectivity index (χ2v) is 4.26. The predicted molar refractivity (Wildman–Crippen MR) is 65.5 cm³/mol. The molecule has 0 radical (unpaired) electrons. The van der Waals surface area contributed by atoms with E-state index in [0.29, 0.717) is 31.4 Å². The quantitative estimate of drug-likeness (QED) is 0.734. The smallest absolute Gasteiger partial charge is 0.274 e. The Morgan fingerprint density at radius 1 is 1.71 bits per heavy atom. The summed E-state index contributed by atoms with van der Waals surface area (Å²) in [5.74, 6) is -0.0110. The molecule has 0 bridgehead atoms. The predicted octanol–water partition coefficient (Wildman–Crippen LogP) is 0.632. The van der Waals surface area contributed by atoms with Crippen LogP contribution in [0.1, 0.15) is 23.3 Å². The zero-order valence-electron chi connectivity index (χ0n) is 9.88. The Balaban J connectivity index is 2.07. The molecule has 1 aromatic heterocycles. The lowest BCUT2D eigenvalue weighted by molar-refractivity contribution is 0.0757. The highest BCUT2D eigenvalue weighted by Gasteiger charge is 2.32. The Morgan fingerprint density at radius 3 is 3.06 bits per heavy atom. The summed E-state index contributed by atoms with van der Waals surface area (Å²) in [6.45, 7) is 5.51. The number of amides is 1. The molecule has 1 aliphatic rings. The lowest BCUT2D eigenvalue weighted by atomic mass is 10.3. The molecular weight excluding hydrogens is 216 g/mol. The minimum absolute atomic E-state index is 0.0110. The Labute approximate surface area is 101 Å². The standard InChI is InChI=1S/C12H18N4O/c1-2-6-16(10-3-4-10)12(17)11-8-15(7-5-13)9-14-11/h2,8-10H,1,3-7,13H2. The molecule has 1 saturated carbocycles. The van der Waals surface area contributed by atoms with E-state index in [0.717, 1.165) is 12.8 Å². The van der Waals surface area contributed by atoms with Crippen LogP contribution in [0.15, 0.2) is 25.2 Å². The summed E-state index contributed by atoms with van der Waals surface area (Å²) in [7, 11) is 0. The molecule has 1 aliphatic carbocycles. The van der Waals surface area contributed by atoms with E-state index in [1.54, 1.807) is 18.6 Å². The van der Waals surface area contributed by atoms with Gasteiger partial charge in [-0.25, -0.2) is 4.98 Å². The molecule has 17 heavy (non-hydrogen) atoms. The van der Waals surface area contributed by atoms with E-state index in [2.05, 4.69) is 11.6 Å². The van der Waals surface area contributed by atoms with Crippen LogP contribution in [0.3, 0.4) is 0 Å². The second-order valence-electron chi connectivity index (χ2n) is 4.26. The number of carbonyl (C=O) groups excluding carboxylic acids is 1. The van der Waals surface area contributed by atoms with E-state index in [1.165, 1.54) is 0 Å². The molecule has 0 aromatic carbocycles. The number of nitrogens with zero attached hydrogens (tertiary/aromatic N) is 3. The van der Waals surface area contributed by atoms with Crippen LogP contribution < -0.4 is 5.73 Å². The zero-order chi connectivity index (χ0) is 12.3. The van der Waals surface area contributed by atoms with E-state index >= 15 is 0 Å². The molecule has 1 amide bonds. The van der Waals surface area contributed by atoms with Gasteiger partial charge in [-0.15, -0.1) is 6.58 Å². The third kappa shape index (κ3) is 2.74. The van der Waals surface area contributed by atoms with Crippen molar-refractivity contribution in [1.29, 1.82) is 0 Å². The van der Waals surface area contributed by atoms with Crippen LogP contribution in [-0.4, -0.2) is 39.5 Å². The first kappa shape index (κ1) is 11.9. The SMILES string of the molecule is C=CCN(C(=O)c1cn(CCN)cn1)C1CC1. The summed E-state index contributed by atoms with van der Waals surface area (Å²) in [5.41, 5.74) is 5.95. The highest BCUT2D eigenvalue weighted by Crippen LogP contribution is 2.27. The molecule has 0 spiro atoms. The Kier molecular flexibility index (Phi) is 3.58. The number of carbonyl (C=O) groups is 1. The molecule has 2 rings (SSSR count). The van der Waals surface area contributed by atoms with Gasteiger partial charge in [0.1, 0.15) is 5.69 Å². The van der Waals surface area contributed by atoms with Crippen LogP contribution in [-0.2, 0) is 6.54 Å². The van der Waals surface area contributed by atoms with Crippen LogP contribution in [0, 0.1) is 0 Å². The van der Waals surface area contributed by atoms with Gasteiger partial charge in [-0.05, 0) is 12.8 Å². The van der Waals surface area contributed by atoms with Crippen molar-refractivity contribution in [2.24, 2.45) is 5.73 Å². The summed E-state index contributed by atoms with van der Waals surface area (Å²) in [6, 6.07) is 0.375. The topological polar surface area (TPSA) is 64.2 Å². The highest BCUT2D eigenvalue weighted by molar-refractivity contribution is 5.92. The average Bonchev–Trinajstić information content (AvgIpc) is 3.06. The largest absolute Gasteiger partial charge is 0.335 e. The number of nitrogens with two attached hydrogens (primary N) is 1.